The van der Waals surface area contributed by atoms with Crippen molar-refractivity contribution >= 4 is 23.9 Å². The van der Waals surface area contributed by atoms with Crippen molar-refractivity contribution in [3.05, 3.63) is 0 Å². The summed E-state index contributed by atoms with van der Waals surface area (Å²) in [4.78, 5) is 52.0. The van der Waals surface area contributed by atoms with Gasteiger partial charge in [0.1, 0.15) is 0 Å². The molecule has 0 aromatic carbocycles. The zero-order valence-corrected chi connectivity index (χ0v) is 8.39. The van der Waals surface area contributed by atoms with Gasteiger partial charge >= 0.3 is 23.9 Å². The molecule has 1 fully saturated rings. The van der Waals surface area contributed by atoms with Crippen LogP contribution in [0.3, 0.4) is 0 Å². The maximum Gasteiger partial charge on any atom is 0.356 e. The molecule has 0 aliphatic carbocycles. The van der Waals surface area contributed by atoms with Crippen LogP contribution in [0, 0.1) is 0 Å². The first-order valence-corrected chi connectivity index (χ1v) is 4.71. The van der Waals surface area contributed by atoms with Crippen LogP contribution in [-0.4, -0.2) is 23.9 Å². The van der Waals surface area contributed by atoms with Crippen LogP contribution in [0.2, 0.25) is 0 Å². The Balaban J connectivity index is 2.53. The molecule has 7 heteroatoms. The summed E-state index contributed by atoms with van der Waals surface area (Å²) in [5.74, 6) is -3.12. The van der Waals surface area contributed by atoms with E-state index >= 15 is 0 Å². The molecule has 1 saturated heterocycles. The van der Waals surface area contributed by atoms with Crippen molar-refractivity contribution in [1.29, 1.82) is 0 Å². The van der Waals surface area contributed by atoms with Gasteiger partial charge < -0.3 is 4.74 Å². The van der Waals surface area contributed by atoms with Crippen molar-refractivity contribution in [3.63, 3.8) is 0 Å². The minimum absolute atomic E-state index is 0.0607. The van der Waals surface area contributed by atoms with E-state index in [1.54, 1.807) is 0 Å². The maximum absolute atomic E-state index is 11.0. The van der Waals surface area contributed by atoms with Crippen LogP contribution in [0.25, 0.3) is 0 Å². The van der Waals surface area contributed by atoms with E-state index in [1.807, 2.05) is 0 Å². The second-order valence-electron chi connectivity index (χ2n) is 3.11. The molecule has 7 nitrogen and oxygen atoms in total. The fourth-order valence-electron chi connectivity index (χ4n) is 0.986. The number of esters is 2. The fraction of sp³-hybridized carbons (Fsp3) is 0.556. The van der Waals surface area contributed by atoms with Crippen LogP contribution < -0.4 is 0 Å². The van der Waals surface area contributed by atoms with E-state index in [4.69, 9.17) is 0 Å². The first kappa shape index (κ1) is 12.2. The molecule has 0 N–H and O–H groups in total. The first-order valence-electron chi connectivity index (χ1n) is 4.71. The summed E-state index contributed by atoms with van der Waals surface area (Å²) in [6.45, 7) is 0. The number of hydrogen-bond donors (Lipinski definition) is 0. The van der Waals surface area contributed by atoms with Crippen LogP contribution in [-0.2, 0) is 33.7 Å². The lowest BCUT2D eigenvalue weighted by Gasteiger charge is -2.06. The molecular weight excluding hydrogens is 220 g/mol. The van der Waals surface area contributed by atoms with E-state index in [2.05, 4.69) is 14.5 Å². The third kappa shape index (κ3) is 4.54. The van der Waals surface area contributed by atoms with Gasteiger partial charge in [-0.25, -0.2) is 19.4 Å². The van der Waals surface area contributed by atoms with Gasteiger partial charge in [0, 0.05) is 6.42 Å². The van der Waals surface area contributed by atoms with E-state index in [0.29, 0.717) is 0 Å². The van der Waals surface area contributed by atoms with Crippen molar-refractivity contribution in [2.75, 3.05) is 0 Å². The van der Waals surface area contributed by atoms with Gasteiger partial charge in [-0.05, 0) is 6.42 Å². The molecule has 0 radical (unpaired) electrons. The van der Waals surface area contributed by atoms with Gasteiger partial charge in [0.15, 0.2) is 0 Å². The highest BCUT2D eigenvalue weighted by molar-refractivity contribution is 5.87. The second kappa shape index (κ2) is 5.84. The van der Waals surface area contributed by atoms with Crippen LogP contribution in [0.1, 0.15) is 32.1 Å². The lowest BCUT2D eigenvalue weighted by molar-refractivity contribution is -0.259. The normalized spacial score (nSPS) is 20.0. The summed E-state index contributed by atoms with van der Waals surface area (Å²) >= 11 is 0. The fourth-order valence-corrected chi connectivity index (χ4v) is 0.986. The number of rotatable bonds is 0. The molecule has 1 rings (SSSR count). The summed E-state index contributed by atoms with van der Waals surface area (Å²) in [6.07, 6.45) is -0.574. The molecule has 1 heterocycles. The minimum atomic E-state index is -0.863. The van der Waals surface area contributed by atoms with E-state index in [0.717, 1.165) is 0 Å². The number of ether oxygens (including phenoxy) is 1. The molecule has 0 bridgehead atoms. The molecular formula is C9H10O7. The Bertz CT molecular complexity index is 320. The van der Waals surface area contributed by atoms with Crippen molar-refractivity contribution in [3.8, 4) is 0 Å². The number of carbonyl (C=O) groups is 4. The summed E-state index contributed by atoms with van der Waals surface area (Å²) in [5.41, 5.74) is 0. The predicted molar refractivity (Wildman–Crippen MR) is 46.4 cm³/mol. The summed E-state index contributed by atoms with van der Waals surface area (Å²) in [5, 5.41) is 0. The molecule has 88 valence electrons. The summed E-state index contributed by atoms with van der Waals surface area (Å²) < 4.78 is 4.37. The Morgan fingerprint density at radius 2 is 1.06 bits per heavy atom. The molecule has 1 aliphatic heterocycles. The van der Waals surface area contributed by atoms with Gasteiger partial charge in [-0.2, -0.15) is 0 Å². The molecule has 0 saturated carbocycles. The largest absolute Gasteiger partial charge is 0.393 e. The zero-order valence-electron chi connectivity index (χ0n) is 8.39. The molecule has 0 atom stereocenters. The number of cyclic esters (lactones) is 2. The Hall–Kier alpha value is -1.92. The number of carbonyl (C=O) groups excluding carboxylic acids is 4. The van der Waals surface area contributed by atoms with Crippen molar-refractivity contribution < 1.29 is 33.7 Å². The minimum Gasteiger partial charge on any atom is -0.393 e. The Morgan fingerprint density at radius 3 is 1.75 bits per heavy atom. The van der Waals surface area contributed by atoms with Crippen LogP contribution in [0.4, 0.5) is 0 Å². The second-order valence-corrected chi connectivity index (χ2v) is 3.11. The lowest BCUT2D eigenvalue weighted by atomic mass is 10.2. The average molecular weight is 230 g/mol. The lowest BCUT2D eigenvalue weighted by Crippen LogP contribution is -2.17. The third-order valence-corrected chi connectivity index (χ3v) is 1.75. The van der Waals surface area contributed by atoms with Gasteiger partial charge in [-0.15, -0.1) is 0 Å². The molecule has 0 amide bonds. The molecule has 0 aromatic heterocycles. The predicted octanol–water partition coefficient (Wildman–Crippen LogP) is 0.0217. The van der Waals surface area contributed by atoms with Crippen molar-refractivity contribution in [1.82, 2.24) is 0 Å². The van der Waals surface area contributed by atoms with Crippen LogP contribution in [0.5, 0.6) is 0 Å². The highest BCUT2D eigenvalue weighted by Gasteiger charge is 2.17. The molecule has 1 aliphatic rings. The smallest absolute Gasteiger partial charge is 0.356 e. The first-order chi connectivity index (χ1) is 7.58. The van der Waals surface area contributed by atoms with Gasteiger partial charge in [0.2, 0.25) is 0 Å². The van der Waals surface area contributed by atoms with Gasteiger partial charge in [-0.1, -0.05) is 0 Å². The molecule has 0 aromatic rings. The Labute approximate surface area is 90.6 Å². The van der Waals surface area contributed by atoms with Crippen LogP contribution >= 0.6 is 0 Å². The van der Waals surface area contributed by atoms with E-state index in [1.165, 1.54) is 0 Å². The van der Waals surface area contributed by atoms with Gasteiger partial charge in [-0.3, -0.25) is 9.59 Å². The highest BCUT2D eigenvalue weighted by atomic mass is 17.2. The average Bonchev–Trinajstić information content (AvgIpc) is 2.22. The highest BCUT2D eigenvalue weighted by Crippen LogP contribution is 2.05. The molecule has 0 spiro atoms. The van der Waals surface area contributed by atoms with Crippen molar-refractivity contribution in [2.45, 2.75) is 32.1 Å². The third-order valence-electron chi connectivity index (χ3n) is 1.75. The van der Waals surface area contributed by atoms with Crippen molar-refractivity contribution in [2.24, 2.45) is 0 Å². The monoisotopic (exact) mass is 230 g/mol. The van der Waals surface area contributed by atoms with E-state index in [9.17, 15) is 19.2 Å². The summed E-state index contributed by atoms with van der Waals surface area (Å²) in [6, 6.07) is 0. The SMILES string of the molecule is O=C1CCCC(=O)OC(=O)CCC(=O)OO1. The molecule has 0 unspecified atom stereocenters. The van der Waals surface area contributed by atoms with E-state index < -0.39 is 23.9 Å². The topological polar surface area (TPSA) is 96.0 Å². The van der Waals surface area contributed by atoms with Gasteiger partial charge in [0.05, 0.1) is 19.3 Å². The van der Waals surface area contributed by atoms with Gasteiger partial charge in [0.25, 0.3) is 0 Å². The quantitative estimate of drug-likeness (QED) is 0.329. The Kier molecular flexibility index (Phi) is 4.43. The maximum atomic E-state index is 11.0. The number of hydrogen-bond acceptors (Lipinski definition) is 7. The summed E-state index contributed by atoms with van der Waals surface area (Å²) in [7, 11) is 0. The Morgan fingerprint density at radius 1 is 0.625 bits per heavy atom. The zero-order chi connectivity index (χ0) is 12.0. The standard InChI is InChI=1S/C9H10O7/c10-6-2-1-3-8(12)15-16-9(13)5-4-7(11)14-6/h1-5H2. The molecule has 16 heavy (non-hydrogen) atoms. The van der Waals surface area contributed by atoms with Crippen LogP contribution in [0.15, 0.2) is 0 Å². The van der Waals surface area contributed by atoms with E-state index in [-0.39, 0.29) is 32.1 Å².